The molecule has 0 spiro atoms. The Balaban J connectivity index is 2.32. The van der Waals surface area contributed by atoms with Crippen molar-refractivity contribution in [2.24, 2.45) is 0 Å². The molecule has 0 unspecified atom stereocenters. The van der Waals surface area contributed by atoms with Crippen LogP contribution in [0.1, 0.15) is 5.82 Å². The molecule has 94 valence electrons. The molecule has 0 aliphatic heterocycles. The van der Waals surface area contributed by atoms with Crippen molar-refractivity contribution in [2.75, 3.05) is 0 Å². The van der Waals surface area contributed by atoms with Crippen LogP contribution in [0.3, 0.4) is 0 Å². The summed E-state index contributed by atoms with van der Waals surface area (Å²) in [6.45, 7) is 0. The van der Waals surface area contributed by atoms with Crippen molar-refractivity contribution in [3.63, 3.8) is 0 Å². The summed E-state index contributed by atoms with van der Waals surface area (Å²) >= 11 is 6.60. The molecule has 0 atom stereocenters. The summed E-state index contributed by atoms with van der Waals surface area (Å²) in [5.74, 6) is -1.24. The van der Waals surface area contributed by atoms with E-state index in [4.69, 9.17) is 11.6 Å². The number of aromatic nitrogens is 3. The zero-order valence-corrected chi connectivity index (χ0v) is 10.2. The number of alkyl halides is 3. The van der Waals surface area contributed by atoms with Crippen LogP contribution in [0, 0.1) is 0 Å². The second-order valence-electron chi connectivity index (χ2n) is 3.14. The van der Waals surface area contributed by atoms with Crippen LogP contribution in [0.5, 0.6) is 0 Å². The highest BCUT2D eigenvalue weighted by molar-refractivity contribution is 7.99. The fourth-order valence-corrected chi connectivity index (χ4v) is 2.15. The van der Waals surface area contributed by atoms with Gasteiger partial charge in [0.25, 0.3) is 0 Å². The summed E-state index contributed by atoms with van der Waals surface area (Å²) in [5, 5.41) is -0.109. The fourth-order valence-electron chi connectivity index (χ4n) is 1.10. The maximum Gasteiger partial charge on any atom is 0.451 e. The van der Waals surface area contributed by atoms with Gasteiger partial charge in [0.1, 0.15) is 10.2 Å². The van der Waals surface area contributed by atoms with E-state index in [1.165, 1.54) is 18.5 Å². The summed E-state index contributed by atoms with van der Waals surface area (Å²) in [6.07, 6.45) is -1.54. The Hall–Kier alpha value is -1.34. The van der Waals surface area contributed by atoms with Crippen molar-refractivity contribution in [2.45, 2.75) is 16.1 Å². The van der Waals surface area contributed by atoms with Crippen molar-refractivity contribution >= 4 is 23.4 Å². The molecule has 2 aromatic rings. The Bertz CT molecular complexity index is 548. The highest BCUT2D eigenvalue weighted by atomic mass is 35.5. The minimum Gasteiger partial charge on any atom is -0.265 e. The molecule has 0 aliphatic carbocycles. The molecule has 0 aliphatic rings. The SMILES string of the molecule is FC(F)(F)c1nc(Cl)cc(Sc2ccncc2)n1. The number of pyridine rings is 1. The molecule has 0 amide bonds. The second kappa shape index (κ2) is 5.11. The third-order valence-corrected chi connectivity index (χ3v) is 2.92. The van der Waals surface area contributed by atoms with Gasteiger partial charge in [-0.3, -0.25) is 4.98 Å². The van der Waals surface area contributed by atoms with Crippen LogP contribution >= 0.6 is 23.4 Å². The molecule has 3 nitrogen and oxygen atoms in total. The smallest absolute Gasteiger partial charge is 0.265 e. The number of hydrogen-bond acceptors (Lipinski definition) is 4. The molecule has 0 fully saturated rings. The Kier molecular flexibility index (Phi) is 3.72. The molecule has 0 saturated heterocycles. The lowest BCUT2D eigenvalue weighted by molar-refractivity contribution is -0.145. The first-order valence-electron chi connectivity index (χ1n) is 4.65. The van der Waals surface area contributed by atoms with E-state index in [2.05, 4.69) is 15.0 Å². The third kappa shape index (κ3) is 3.33. The highest BCUT2D eigenvalue weighted by Gasteiger charge is 2.35. The quantitative estimate of drug-likeness (QED) is 0.791. The van der Waals surface area contributed by atoms with Crippen molar-refractivity contribution in [3.8, 4) is 0 Å². The zero-order valence-electron chi connectivity index (χ0n) is 8.65. The molecule has 0 radical (unpaired) electrons. The average Bonchev–Trinajstić information content (AvgIpc) is 2.28. The molecule has 0 bridgehead atoms. The van der Waals surface area contributed by atoms with Gasteiger partial charge < -0.3 is 0 Å². The van der Waals surface area contributed by atoms with Gasteiger partial charge in [-0.1, -0.05) is 23.4 Å². The Labute approximate surface area is 109 Å². The van der Waals surface area contributed by atoms with Crippen LogP contribution in [-0.2, 0) is 6.18 Å². The largest absolute Gasteiger partial charge is 0.451 e. The van der Waals surface area contributed by atoms with Crippen molar-refractivity contribution < 1.29 is 13.2 Å². The van der Waals surface area contributed by atoms with Gasteiger partial charge >= 0.3 is 6.18 Å². The Morgan fingerprint density at radius 1 is 1.11 bits per heavy atom. The van der Waals surface area contributed by atoms with Gasteiger partial charge in [0, 0.05) is 23.4 Å². The van der Waals surface area contributed by atoms with E-state index in [0.717, 1.165) is 11.8 Å². The van der Waals surface area contributed by atoms with Gasteiger partial charge in [-0.25, -0.2) is 9.97 Å². The van der Waals surface area contributed by atoms with Crippen LogP contribution in [0.2, 0.25) is 5.15 Å². The summed E-state index contributed by atoms with van der Waals surface area (Å²) in [4.78, 5) is 11.1. The molecule has 2 heterocycles. The number of rotatable bonds is 2. The molecule has 0 aromatic carbocycles. The number of halogens is 4. The first kappa shape index (κ1) is 13.1. The van der Waals surface area contributed by atoms with Gasteiger partial charge in [-0.2, -0.15) is 13.2 Å². The zero-order chi connectivity index (χ0) is 13.2. The van der Waals surface area contributed by atoms with Crippen molar-refractivity contribution in [1.29, 1.82) is 0 Å². The Morgan fingerprint density at radius 3 is 2.39 bits per heavy atom. The average molecular weight is 292 g/mol. The van der Waals surface area contributed by atoms with E-state index in [1.54, 1.807) is 12.1 Å². The summed E-state index contributed by atoms with van der Waals surface area (Å²) in [5.41, 5.74) is 0. The van der Waals surface area contributed by atoms with E-state index in [-0.39, 0.29) is 10.2 Å². The summed E-state index contributed by atoms with van der Waals surface area (Å²) in [6, 6.07) is 4.60. The van der Waals surface area contributed by atoms with E-state index < -0.39 is 12.0 Å². The molecule has 2 rings (SSSR count). The molecule has 18 heavy (non-hydrogen) atoms. The fraction of sp³-hybridized carbons (Fsp3) is 0.100. The normalized spacial score (nSPS) is 11.6. The van der Waals surface area contributed by atoms with Crippen LogP contribution in [0.25, 0.3) is 0 Å². The molecule has 2 aromatic heterocycles. The van der Waals surface area contributed by atoms with Crippen LogP contribution in [0.4, 0.5) is 13.2 Å². The minimum atomic E-state index is -4.61. The first-order valence-corrected chi connectivity index (χ1v) is 5.84. The Morgan fingerprint density at radius 2 is 1.78 bits per heavy atom. The van der Waals surface area contributed by atoms with E-state index in [1.807, 2.05) is 0 Å². The molecular formula is C10H5ClF3N3S. The first-order chi connectivity index (χ1) is 8.45. The van der Waals surface area contributed by atoms with E-state index in [0.29, 0.717) is 4.90 Å². The van der Waals surface area contributed by atoms with E-state index >= 15 is 0 Å². The summed E-state index contributed by atoms with van der Waals surface area (Å²) < 4.78 is 37.5. The lowest BCUT2D eigenvalue weighted by Crippen LogP contribution is -2.11. The van der Waals surface area contributed by atoms with Crippen molar-refractivity contribution in [1.82, 2.24) is 15.0 Å². The lowest BCUT2D eigenvalue weighted by atomic mass is 10.5. The van der Waals surface area contributed by atoms with Crippen LogP contribution in [-0.4, -0.2) is 15.0 Å². The number of hydrogen-bond donors (Lipinski definition) is 0. The topological polar surface area (TPSA) is 38.7 Å². The third-order valence-electron chi connectivity index (χ3n) is 1.80. The monoisotopic (exact) mass is 291 g/mol. The van der Waals surface area contributed by atoms with Gasteiger partial charge in [0.15, 0.2) is 0 Å². The summed E-state index contributed by atoms with van der Waals surface area (Å²) in [7, 11) is 0. The van der Waals surface area contributed by atoms with Gasteiger partial charge in [0.05, 0.1) is 0 Å². The number of nitrogens with zero attached hydrogens (tertiary/aromatic N) is 3. The molecule has 0 saturated carbocycles. The molecule has 0 N–H and O–H groups in total. The van der Waals surface area contributed by atoms with Crippen LogP contribution in [0.15, 0.2) is 40.5 Å². The molecule has 8 heteroatoms. The van der Waals surface area contributed by atoms with Gasteiger partial charge in [0.2, 0.25) is 5.82 Å². The van der Waals surface area contributed by atoms with E-state index in [9.17, 15) is 13.2 Å². The highest BCUT2D eigenvalue weighted by Crippen LogP contribution is 2.31. The maximum atomic E-state index is 12.5. The standard InChI is InChI=1S/C10H5ClF3N3S/c11-7-5-8(17-9(16-7)10(12,13)14)18-6-1-3-15-4-2-6/h1-5H. The second-order valence-corrected chi connectivity index (χ2v) is 4.62. The molecular weight excluding hydrogens is 287 g/mol. The predicted molar refractivity (Wildman–Crippen MR) is 60.4 cm³/mol. The predicted octanol–water partition coefficient (Wildman–Crippen LogP) is 3.70. The minimum absolute atomic E-state index is 0.133. The van der Waals surface area contributed by atoms with Gasteiger partial charge in [-0.05, 0) is 12.1 Å². The van der Waals surface area contributed by atoms with Crippen LogP contribution < -0.4 is 0 Å². The maximum absolute atomic E-state index is 12.5. The van der Waals surface area contributed by atoms with Crippen molar-refractivity contribution in [3.05, 3.63) is 41.6 Å². The lowest BCUT2D eigenvalue weighted by Gasteiger charge is -2.07. The van der Waals surface area contributed by atoms with Gasteiger partial charge in [-0.15, -0.1) is 0 Å².